The number of carbonyl (C=O) groups is 1. The van der Waals surface area contributed by atoms with E-state index in [2.05, 4.69) is 15.3 Å². The Hall–Kier alpha value is -3.72. The van der Waals surface area contributed by atoms with Gasteiger partial charge in [-0.2, -0.15) is 0 Å². The number of hydrogen-bond acceptors (Lipinski definition) is 7. The SMILES string of the molecule is O=C1CCCC2=C1[C@H](c1ccccc1[N+](=O)[O-])c1c(nc(SCc3ccccc3)[nH]c1=O)N2. The lowest BCUT2D eigenvalue weighted by Gasteiger charge is -2.32. The number of ketones is 1. The number of anilines is 1. The molecule has 0 fully saturated rings. The number of rotatable bonds is 5. The Morgan fingerprint density at radius 2 is 1.82 bits per heavy atom. The number of nitro benzene ring substituents is 1. The van der Waals surface area contributed by atoms with Gasteiger partial charge in [-0.1, -0.05) is 60.3 Å². The van der Waals surface area contributed by atoms with E-state index in [9.17, 15) is 19.7 Å². The molecule has 0 bridgehead atoms. The summed E-state index contributed by atoms with van der Waals surface area (Å²) in [6, 6.07) is 16.1. The van der Waals surface area contributed by atoms with Gasteiger partial charge in [0.05, 0.1) is 16.4 Å². The quantitative estimate of drug-likeness (QED) is 0.248. The highest BCUT2D eigenvalue weighted by Crippen LogP contribution is 2.45. The number of hydrogen-bond donors (Lipinski definition) is 2. The standard InChI is InChI=1S/C24H20N4O4S/c29-18-12-6-10-16-20(18)19(15-9-4-5-11-17(15)28(31)32)21-22(25-16)26-24(27-23(21)30)33-13-14-7-2-1-3-8-14/h1-5,7-9,11,19H,6,10,12-13H2,(H2,25,26,27,30)/t19-/m0/s1. The molecule has 1 aliphatic carbocycles. The number of aromatic nitrogens is 2. The minimum Gasteiger partial charge on any atom is -0.343 e. The zero-order valence-corrected chi connectivity index (χ0v) is 18.4. The first-order valence-electron chi connectivity index (χ1n) is 10.6. The molecule has 2 N–H and O–H groups in total. The van der Waals surface area contributed by atoms with Crippen LogP contribution >= 0.6 is 11.8 Å². The number of nitrogens with one attached hydrogen (secondary N) is 2. The monoisotopic (exact) mass is 460 g/mol. The highest BCUT2D eigenvalue weighted by atomic mass is 32.2. The third-order valence-electron chi connectivity index (χ3n) is 5.90. The first-order valence-corrected chi connectivity index (χ1v) is 11.6. The van der Waals surface area contributed by atoms with E-state index in [1.165, 1.54) is 17.8 Å². The van der Waals surface area contributed by atoms with Crippen LogP contribution in [0.2, 0.25) is 0 Å². The number of benzene rings is 2. The molecule has 0 saturated carbocycles. The van der Waals surface area contributed by atoms with Gasteiger partial charge in [0.2, 0.25) is 0 Å². The van der Waals surface area contributed by atoms with Crippen LogP contribution in [0.3, 0.4) is 0 Å². The highest BCUT2D eigenvalue weighted by molar-refractivity contribution is 7.98. The molecule has 166 valence electrons. The number of thioether (sulfide) groups is 1. The Kier molecular flexibility index (Phi) is 5.55. The maximum Gasteiger partial charge on any atom is 0.273 e. The van der Waals surface area contributed by atoms with Crippen LogP contribution in [-0.2, 0) is 10.5 Å². The summed E-state index contributed by atoms with van der Waals surface area (Å²) in [6.45, 7) is 0. The Morgan fingerprint density at radius 3 is 2.61 bits per heavy atom. The molecule has 0 unspecified atom stereocenters. The van der Waals surface area contributed by atoms with Gasteiger partial charge in [-0.05, 0) is 18.4 Å². The second-order valence-corrected chi connectivity index (χ2v) is 8.91. The Morgan fingerprint density at radius 1 is 1.06 bits per heavy atom. The van der Waals surface area contributed by atoms with E-state index in [0.29, 0.717) is 52.8 Å². The van der Waals surface area contributed by atoms with Gasteiger partial charge in [0.15, 0.2) is 10.9 Å². The Bertz CT molecular complexity index is 1350. The van der Waals surface area contributed by atoms with E-state index in [0.717, 1.165) is 5.56 Å². The zero-order valence-electron chi connectivity index (χ0n) is 17.5. The molecule has 1 atom stereocenters. The molecule has 0 radical (unpaired) electrons. The van der Waals surface area contributed by atoms with Crippen LogP contribution in [0.5, 0.6) is 0 Å². The van der Waals surface area contributed by atoms with Crippen molar-refractivity contribution >= 4 is 29.1 Å². The molecule has 8 nitrogen and oxygen atoms in total. The lowest BCUT2D eigenvalue weighted by molar-refractivity contribution is -0.385. The molecular weight excluding hydrogens is 440 g/mol. The number of para-hydroxylation sites is 1. The van der Waals surface area contributed by atoms with Crippen LogP contribution in [0.25, 0.3) is 0 Å². The van der Waals surface area contributed by atoms with Crippen LogP contribution in [0.4, 0.5) is 11.5 Å². The lowest BCUT2D eigenvalue weighted by atomic mass is 9.76. The molecule has 9 heteroatoms. The van der Waals surface area contributed by atoms with Gasteiger partial charge in [0, 0.05) is 35.1 Å². The fourth-order valence-corrected chi connectivity index (χ4v) is 5.26. The molecule has 5 rings (SSSR count). The zero-order chi connectivity index (χ0) is 22.9. The van der Waals surface area contributed by atoms with Gasteiger partial charge in [0.25, 0.3) is 11.2 Å². The summed E-state index contributed by atoms with van der Waals surface area (Å²) in [5, 5.41) is 15.4. The van der Waals surface area contributed by atoms with Gasteiger partial charge in [0.1, 0.15) is 5.82 Å². The van der Waals surface area contributed by atoms with Gasteiger partial charge in [-0.3, -0.25) is 19.7 Å². The number of Topliss-reactive ketones (excluding diaryl/α,β-unsaturated/α-hetero) is 1. The number of aromatic amines is 1. The van der Waals surface area contributed by atoms with Crippen LogP contribution in [0.15, 0.2) is 75.8 Å². The van der Waals surface area contributed by atoms with Crippen LogP contribution in [-0.4, -0.2) is 20.7 Å². The van der Waals surface area contributed by atoms with Crippen molar-refractivity contribution in [3.8, 4) is 0 Å². The number of H-pyrrole nitrogens is 1. The van der Waals surface area contributed by atoms with Crippen LogP contribution in [0, 0.1) is 10.1 Å². The average molecular weight is 461 g/mol. The average Bonchev–Trinajstić information content (AvgIpc) is 2.82. The van der Waals surface area contributed by atoms with E-state index in [4.69, 9.17) is 0 Å². The Balaban J connectivity index is 1.62. The van der Waals surface area contributed by atoms with Crippen molar-refractivity contribution in [3.05, 3.63) is 103 Å². The van der Waals surface area contributed by atoms with Gasteiger partial charge < -0.3 is 10.3 Å². The minimum absolute atomic E-state index is 0.0977. The maximum atomic E-state index is 13.3. The Labute approximate surface area is 193 Å². The highest BCUT2D eigenvalue weighted by Gasteiger charge is 2.40. The normalized spacial score (nSPS) is 17.2. The van der Waals surface area contributed by atoms with Crippen molar-refractivity contribution in [1.29, 1.82) is 0 Å². The van der Waals surface area contributed by atoms with Crippen LogP contribution < -0.4 is 10.9 Å². The summed E-state index contributed by atoms with van der Waals surface area (Å²) in [5.74, 6) is 0.0447. The number of nitrogens with zero attached hydrogens (tertiary/aromatic N) is 2. The van der Waals surface area contributed by atoms with Crippen molar-refractivity contribution < 1.29 is 9.72 Å². The summed E-state index contributed by atoms with van der Waals surface area (Å²) < 4.78 is 0. The van der Waals surface area contributed by atoms with Crippen molar-refractivity contribution in [2.75, 3.05) is 5.32 Å². The molecule has 1 aromatic heterocycles. The number of fused-ring (bicyclic) bond motifs is 1. The number of carbonyl (C=O) groups excluding carboxylic acids is 1. The minimum atomic E-state index is -0.838. The molecule has 2 aliphatic rings. The number of nitro groups is 1. The number of allylic oxidation sites excluding steroid dienone is 2. The van der Waals surface area contributed by atoms with Crippen molar-refractivity contribution in [3.63, 3.8) is 0 Å². The topological polar surface area (TPSA) is 118 Å². The molecule has 0 spiro atoms. The predicted molar refractivity (Wildman–Crippen MR) is 125 cm³/mol. The summed E-state index contributed by atoms with van der Waals surface area (Å²) in [6.07, 6.45) is 1.66. The van der Waals surface area contributed by atoms with E-state index in [1.54, 1.807) is 18.2 Å². The molecule has 2 heterocycles. The van der Waals surface area contributed by atoms with Gasteiger partial charge in [-0.25, -0.2) is 4.98 Å². The molecule has 33 heavy (non-hydrogen) atoms. The molecule has 2 aromatic carbocycles. The second kappa shape index (κ2) is 8.67. The molecule has 0 saturated heterocycles. The third kappa shape index (κ3) is 3.95. The van der Waals surface area contributed by atoms with E-state index in [1.807, 2.05) is 30.3 Å². The van der Waals surface area contributed by atoms with Crippen molar-refractivity contribution in [1.82, 2.24) is 9.97 Å². The first-order chi connectivity index (χ1) is 16.0. The first kappa shape index (κ1) is 21.1. The van der Waals surface area contributed by atoms with Gasteiger partial charge >= 0.3 is 0 Å². The second-order valence-electron chi connectivity index (χ2n) is 7.95. The summed E-state index contributed by atoms with van der Waals surface area (Å²) in [5.41, 5.74) is 2.25. The largest absolute Gasteiger partial charge is 0.343 e. The van der Waals surface area contributed by atoms with Crippen LogP contribution in [0.1, 0.15) is 41.9 Å². The smallest absolute Gasteiger partial charge is 0.273 e. The van der Waals surface area contributed by atoms with E-state index >= 15 is 0 Å². The summed E-state index contributed by atoms with van der Waals surface area (Å²) in [4.78, 5) is 45.0. The maximum absolute atomic E-state index is 13.3. The van der Waals surface area contributed by atoms with E-state index in [-0.39, 0.29) is 17.0 Å². The lowest BCUT2D eigenvalue weighted by Crippen LogP contribution is -2.33. The fraction of sp³-hybridized carbons (Fsp3) is 0.208. The molecule has 3 aromatic rings. The fourth-order valence-electron chi connectivity index (χ4n) is 4.44. The molecule has 0 amide bonds. The molecular formula is C24H20N4O4S. The van der Waals surface area contributed by atoms with Gasteiger partial charge in [-0.15, -0.1) is 0 Å². The molecule has 1 aliphatic heterocycles. The predicted octanol–water partition coefficient (Wildman–Crippen LogP) is 4.53. The van der Waals surface area contributed by atoms with Crippen molar-refractivity contribution in [2.24, 2.45) is 0 Å². The van der Waals surface area contributed by atoms with Crippen molar-refractivity contribution in [2.45, 2.75) is 36.1 Å². The summed E-state index contributed by atoms with van der Waals surface area (Å²) >= 11 is 1.40. The third-order valence-corrected chi connectivity index (χ3v) is 6.84. The summed E-state index contributed by atoms with van der Waals surface area (Å²) in [7, 11) is 0. The van der Waals surface area contributed by atoms with E-state index < -0.39 is 16.4 Å².